The number of nitrogens with zero attached hydrogens (tertiary/aromatic N) is 2. The molecule has 6 nitrogen and oxygen atoms in total. The molecule has 0 radical (unpaired) electrons. The summed E-state index contributed by atoms with van der Waals surface area (Å²) in [7, 11) is 1.40. The first-order valence-corrected chi connectivity index (χ1v) is 8.11. The van der Waals surface area contributed by atoms with Crippen LogP contribution in [0.4, 0.5) is 4.39 Å². The molecular weight excluding hydrogens is 323 g/mol. The highest BCUT2D eigenvalue weighted by molar-refractivity contribution is 5.94. The first-order chi connectivity index (χ1) is 12.2. The minimum absolute atomic E-state index is 0.104. The Balaban J connectivity index is 1.59. The second kappa shape index (κ2) is 6.16. The predicted molar refractivity (Wildman–Crippen MR) is 90.0 cm³/mol. The van der Waals surface area contributed by atoms with E-state index in [2.05, 4.69) is 26.6 Å². The van der Waals surface area contributed by atoms with Gasteiger partial charge in [0.05, 0.1) is 24.4 Å². The third-order valence-electron chi connectivity index (χ3n) is 4.49. The summed E-state index contributed by atoms with van der Waals surface area (Å²) in [5, 5.41) is 10.8. The molecular formula is C18H17FN4O2. The minimum atomic E-state index is -0.846. The zero-order valence-electron chi connectivity index (χ0n) is 13.7. The minimum Gasteiger partial charge on any atom is -0.481 e. The largest absolute Gasteiger partial charge is 0.481 e. The number of H-pyrrole nitrogens is 1. The summed E-state index contributed by atoms with van der Waals surface area (Å²) in [6.07, 6.45) is 4.07. The first kappa shape index (κ1) is 15.6. The topological polar surface area (TPSA) is 79.9 Å². The van der Waals surface area contributed by atoms with Crippen molar-refractivity contribution >= 4 is 16.8 Å². The monoisotopic (exact) mass is 340 g/mol. The van der Waals surface area contributed by atoms with E-state index in [0.29, 0.717) is 12.5 Å². The lowest BCUT2D eigenvalue weighted by molar-refractivity contribution is 0.0946. The molecule has 0 aliphatic heterocycles. The summed E-state index contributed by atoms with van der Waals surface area (Å²) in [5.41, 5.74) is 3.07. The Bertz CT molecular complexity index is 949. The van der Waals surface area contributed by atoms with E-state index in [0.717, 1.165) is 29.3 Å². The zero-order chi connectivity index (χ0) is 17.4. The molecule has 2 aromatic heterocycles. The van der Waals surface area contributed by atoms with Gasteiger partial charge < -0.3 is 10.1 Å². The highest BCUT2D eigenvalue weighted by Crippen LogP contribution is 2.43. The van der Waals surface area contributed by atoms with Gasteiger partial charge in [-0.05, 0) is 42.0 Å². The maximum absolute atomic E-state index is 14.0. The Morgan fingerprint density at radius 2 is 2.20 bits per heavy atom. The highest BCUT2D eigenvalue weighted by Gasteiger charge is 2.27. The molecule has 7 heteroatoms. The molecule has 0 bridgehead atoms. The lowest BCUT2D eigenvalue weighted by atomic mass is 9.99. The SMILES string of the molecule is COc1ccc(C(=O)NCc2c(C3CC3)ccc3[nH]ncc23)c(F)n1. The standard InChI is InChI=1S/C18H17FN4O2/c1-25-16-7-5-12(17(19)22-16)18(24)20-8-13-11(10-2-3-10)4-6-15-14(13)9-21-23-15/h4-7,9-10H,2-3,8H2,1H3,(H,20,24)(H,21,23). The number of ether oxygens (including phenoxy) is 1. The molecule has 2 N–H and O–H groups in total. The first-order valence-electron chi connectivity index (χ1n) is 8.11. The Labute approximate surface area is 143 Å². The Morgan fingerprint density at radius 3 is 2.92 bits per heavy atom. The average Bonchev–Trinajstić information content (AvgIpc) is 3.35. The van der Waals surface area contributed by atoms with Crippen molar-refractivity contribution in [3.8, 4) is 5.88 Å². The zero-order valence-corrected chi connectivity index (χ0v) is 13.7. The van der Waals surface area contributed by atoms with E-state index in [1.54, 1.807) is 6.20 Å². The molecule has 0 spiro atoms. The smallest absolute Gasteiger partial charge is 0.256 e. The van der Waals surface area contributed by atoms with Crippen LogP contribution >= 0.6 is 0 Å². The van der Waals surface area contributed by atoms with Gasteiger partial charge in [0, 0.05) is 18.0 Å². The van der Waals surface area contributed by atoms with Crippen molar-refractivity contribution in [1.29, 1.82) is 0 Å². The van der Waals surface area contributed by atoms with Gasteiger partial charge >= 0.3 is 0 Å². The van der Waals surface area contributed by atoms with Crippen molar-refractivity contribution < 1.29 is 13.9 Å². The van der Waals surface area contributed by atoms with Crippen LogP contribution in [0.25, 0.3) is 10.9 Å². The van der Waals surface area contributed by atoms with Crippen LogP contribution in [0.2, 0.25) is 0 Å². The van der Waals surface area contributed by atoms with E-state index in [4.69, 9.17) is 4.74 Å². The van der Waals surface area contributed by atoms with E-state index in [-0.39, 0.29) is 11.4 Å². The van der Waals surface area contributed by atoms with E-state index >= 15 is 0 Å². The number of benzene rings is 1. The second-order valence-electron chi connectivity index (χ2n) is 6.11. The van der Waals surface area contributed by atoms with Gasteiger partial charge in [-0.3, -0.25) is 9.89 Å². The van der Waals surface area contributed by atoms with Crippen molar-refractivity contribution in [3.63, 3.8) is 0 Å². The number of carbonyl (C=O) groups excluding carboxylic acids is 1. The van der Waals surface area contributed by atoms with Crippen LogP contribution in [0, 0.1) is 5.95 Å². The molecule has 1 saturated carbocycles. The summed E-state index contributed by atoms with van der Waals surface area (Å²) in [6.45, 7) is 0.313. The molecule has 0 atom stereocenters. The number of nitrogens with one attached hydrogen (secondary N) is 2. The number of hydrogen-bond donors (Lipinski definition) is 2. The van der Waals surface area contributed by atoms with Crippen LogP contribution in [0.3, 0.4) is 0 Å². The molecule has 25 heavy (non-hydrogen) atoms. The Kier molecular flexibility index (Phi) is 3.83. The van der Waals surface area contributed by atoms with Gasteiger partial charge in [0.15, 0.2) is 0 Å². The summed E-state index contributed by atoms with van der Waals surface area (Å²) >= 11 is 0. The van der Waals surface area contributed by atoms with E-state index in [1.165, 1.54) is 24.8 Å². The highest BCUT2D eigenvalue weighted by atomic mass is 19.1. The fourth-order valence-corrected chi connectivity index (χ4v) is 3.03. The Hall–Kier alpha value is -2.96. The molecule has 1 aliphatic carbocycles. The number of amides is 1. The molecule has 128 valence electrons. The molecule has 4 rings (SSSR count). The van der Waals surface area contributed by atoms with Gasteiger partial charge in [-0.25, -0.2) is 0 Å². The van der Waals surface area contributed by atoms with Crippen molar-refractivity contribution in [2.45, 2.75) is 25.3 Å². The number of carbonyl (C=O) groups is 1. The number of pyridine rings is 1. The van der Waals surface area contributed by atoms with Crippen LogP contribution in [-0.4, -0.2) is 28.2 Å². The van der Waals surface area contributed by atoms with Gasteiger partial charge in [-0.15, -0.1) is 0 Å². The molecule has 3 aromatic rings. The van der Waals surface area contributed by atoms with Gasteiger partial charge in [0.1, 0.15) is 0 Å². The lowest BCUT2D eigenvalue weighted by Crippen LogP contribution is -2.25. The normalized spacial score (nSPS) is 13.8. The fourth-order valence-electron chi connectivity index (χ4n) is 3.03. The van der Waals surface area contributed by atoms with Crippen LogP contribution in [-0.2, 0) is 6.54 Å². The quantitative estimate of drug-likeness (QED) is 0.700. The summed E-state index contributed by atoms with van der Waals surface area (Å²) in [5.74, 6) is -0.686. The number of methoxy groups -OCH3 is 1. The number of aromatic nitrogens is 3. The number of fused-ring (bicyclic) bond motifs is 1. The maximum Gasteiger partial charge on any atom is 0.256 e. The van der Waals surface area contributed by atoms with Crippen molar-refractivity contribution in [1.82, 2.24) is 20.5 Å². The molecule has 0 unspecified atom stereocenters. The molecule has 1 aliphatic rings. The van der Waals surface area contributed by atoms with Crippen LogP contribution < -0.4 is 10.1 Å². The van der Waals surface area contributed by atoms with E-state index in [9.17, 15) is 9.18 Å². The molecule has 0 saturated heterocycles. The van der Waals surface area contributed by atoms with Crippen LogP contribution in [0.1, 0.15) is 40.2 Å². The summed E-state index contributed by atoms with van der Waals surface area (Å²) in [4.78, 5) is 16.0. The third kappa shape index (κ3) is 2.93. The van der Waals surface area contributed by atoms with Crippen LogP contribution in [0.15, 0.2) is 30.5 Å². The number of aromatic amines is 1. The average molecular weight is 340 g/mol. The molecule has 1 amide bonds. The summed E-state index contributed by atoms with van der Waals surface area (Å²) < 4.78 is 18.8. The fraction of sp³-hybridized carbons (Fsp3) is 0.278. The number of halogens is 1. The van der Waals surface area contributed by atoms with Gasteiger partial charge in [-0.2, -0.15) is 14.5 Å². The second-order valence-corrected chi connectivity index (χ2v) is 6.11. The maximum atomic E-state index is 14.0. The van der Waals surface area contributed by atoms with Crippen molar-refractivity contribution in [2.24, 2.45) is 0 Å². The number of hydrogen-bond acceptors (Lipinski definition) is 4. The molecule has 1 fully saturated rings. The summed E-state index contributed by atoms with van der Waals surface area (Å²) in [6, 6.07) is 6.92. The Morgan fingerprint density at radius 1 is 1.36 bits per heavy atom. The lowest BCUT2D eigenvalue weighted by Gasteiger charge is -2.12. The molecule has 1 aromatic carbocycles. The van der Waals surface area contributed by atoms with Crippen molar-refractivity contribution in [3.05, 3.63) is 53.1 Å². The predicted octanol–water partition coefficient (Wildman–Crippen LogP) is 2.91. The van der Waals surface area contributed by atoms with Gasteiger partial charge in [0.2, 0.25) is 11.8 Å². The van der Waals surface area contributed by atoms with Crippen LogP contribution in [0.5, 0.6) is 5.88 Å². The van der Waals surface area contributed by atoms with E-state index < -0.39 is 11.9 Å². The van der Waals surface area contributed by atoms with Crippen molar-refractivity contribution in [2.75, 3.05) is 7.11 Å². The third-order valence-corrected chi connectivity index (χ3v) is 4.49. The van der Waals surface area contributed by atoms with E-state index in [1.807, 2.05) is 6.07 Å². The van der Waals surface area contributed by atoms with Gasteiger partial charge in [-0.1, -0.05) is 6.07 Å². The number of rotatable bonds is 5. The molecule has 2 heterocycles. The van der Waals surface area contributed by atoms with Gasteiger partial charge in [0.25, 0.3) is 5.91 Å².